The first-order chi connectivity index (χ1) is 11.7. The highest BCUT2D eigenvalue weighted by atomic mass is 35.5. The van der Waals surface area contributed by atoms with E-state index in [2.05, 4.69) is 14.7 Å². The quantitative estimate of drug-likeness (QED) is 0.657. The second-order valence-corrected chi connectivity index (χ2v) is 6.74. The fraction of sp³-hybridized carbons (Fsp3) is 0.0588. The van der Waals surface area contributed by atoms with Gasteiger partial charge in [-0.1, -0.05) is 48.0 Å². The van der Waals surface area contributed by atoms with Crippen LogP contribution in [0.15, 0.2) is 65.8 Å². The summed E-state index contributed by atoms with van der Waals surface area (Å²) in [6, 6.07) is 14.6. The minimum absolute atomic E-state index is 0.425. The first-order valence-electron chi connectivity index (χ1n) is 7.08. The lowest BCUT2D eigenvalue weighted by Crippen LogP contribution is -2.08. The highest BCUT2D eigenvalue weighted by Crippen LogP contribution is 2.26. The van der Waals surface area contributed by atoms with E-state index in [0.717, 1.165) is 11.1 Å². The minimum atomic E-state index is -1.54. The summed E-state index contributed by atoms with van der Waals surface area (Å²) in [6.07, 6.45) is 3.14. The van der Waals surface area contributed by atoms with Gasteiger partial charge in [-0.3, -0.25) is 9.71 Å². The molecule has 0 aliphatic heterocycles. The van der Waals surface area contributed by atoms with E-state index < -0.39 is 11.0 Å². The molecule has 1 unspecified atom stereocenters. The average Bonchev–Trinajstić information content (AvgIpc) is 2.62. The molecule has 4 nitrogen and oxygen atoms in total. The van der Waals surface area contributed by atoms with Gasteiger partial charge in [-0.05, 0) is 17.7 Å². The second kappa shape index (κ2) is 7.75. The van der Waals surface area contributed by atoms with Crippen molar-refractivity contribution in [2.45, 2.75) is 10.8 Å². The van der Waals surface area contributed by atoms with Crippen LogP contribution >= 0.6 is 23.2 Å². The van der Waals surface area contributed by atoms with Crippen molar-refractivity contribution in [3.63, 3.8) is 0 Å². The molecule has 0 aliphatic carbocycles. The molecule has 0 saturated heterocycles. The van der Waals surface area contributed by atoms with Gasteiger partial charge in [-0.25, -0.2) is 9.19 Å². The Kier molecular flexibility index (Phi) is 5.45. The van der Waals surface area contributed by atoms with Crippen molar-refractivity contribution >= 4 is 40.0 Å². The number of nitrogens with one attached hydrogen (secondary N) is 1. The molecule has 0 bridgehead atoms. The molecule has 0 saturated carbocycles. The third-order valence-electron chi connectivity index (χ3n) is 3.31. The van der Waals surface area contributed by atoms with Crippen LogP contribution in [0.3, 0.4) is 0 Å². The summed E-state index contributed by atoms with van der Waals surface area (Å²) in [5, 5.41) is 0.431. The number of nitrogens with zero attached hydrogens (tertiary/aromatic N) is 2. The summed E-state index contributed by atoms with van der Waals surface area (Å²) in [5.41, 5.74) is 2.48. The van der Waals surface area contributed by atoms with E-state index in [1.807, 2.05) is 24.3 Å². The monoisotopic (exact) mass is 377 g/mol. The minimum Gasteiger partial charge on any atom is -0.283 e. The van der Waals surface area contributed by atoms with E-state index in [1.165, 1.54) is 0 Å². The number of anilines is 1. The third-order valence-corrected chi connectivity index (χ3v) is 5.19. The van der Waals surface area contributed by atoms with Crippen molar-refractivity contribution in [2.75, 3.05) is 4.72 Å². The summed E-state index contributed by atoms with van der Waals surface area (Å²) >= 11 is 11.9. The Morgan fingerprint density at radius 3 is 2.42 bits per heavy atom. The molecule has 1 aromatic heterocycles. The molecule has 3 aromatic rings. The summed E-state index contributed by atoms with van der Waals surface area (Å²) in [4.78, 5) is 9.10. The zero-order valence-electron chi connectivity index (χ0n) is 12.4. The largest absolute Gasteiger partial charge is 0.283 e. The van der Waals surface area contributed by atoms with Crippen LogP contribution in [0.4, 0.5) is 5.82 Å². The molecule has 0 amide bonds. The molecular weight excluding hydrogens is 365 g/mol. The lowest BCUT2D eigenvalue weighted by atomic mass is 10.1. The van der Waals surface area contributed by atoms with Crippen molar-refractivity contribution in [1.29, 1.82) is 0 Å². The van der Waals surface area contributed by atoms with E-state index in [4.69, 9.17) is 23.2 Å². The molecule has 0 spiro atoms. The van der Waals surface area contributed by atoms with Crippen LogP contribution < -0.4 is 4.72 Å². The standard InChI is InChI=1S/C17H13Cl2N3OS/c18-11-12-5-7-13(8-6-12)16-17(21-10-9-20-16)22-24(23)15-4-2-1-3-14(15)19/h1-10H,11H2,(H,21,22). The number of hydrogen-bond acceptors (Lipinski definition) is 3. The molecular formula is C17H13Cl2N3OS. The lowest BCUT2D eigenvalue weighted by molar-refractivity contribution is 0.686. The Labute approximate surface area is 152 Å². The van der Waals surface area contributed by atoms with Crippen molar-refractivity contribution in [3.05, 3.63) is 71.5 Å². The summed E-state index contributed by atoms with van der Waals surface area (Å²) in [5.74, 6) is 0.872. The average molecular weight is 378 g/mol. The van der Waals surface area contributed by atoms with Crippen LogP contribution in [0, 0.1) is 0 Å². The Morgan fingerprint density at radius 1 is 1.00 bits per heavy atom. The fourth-order valence-electron chi connectivity index (χ4n) is 2.11. The maximum Gasteiger partial charge on any atom is 0.164 e. The van der Waals surface area contributed by atoms with Gasteiger partial charge < -0.3 is 0 Å². The van der Waals surface area contributed by atoms with Crippen LogP contribution in [0.5, 0.6) is 0 Å². The smallest absolute Gasteiger partial charge is 0.164 e. The Bertz CT molecular complexity index is 872. The van der Waals surface area contributed by atoms with Gasteiger partial charge in [0, 0.05) is 23.8 Å². The normalized spacial score (nSPS) is 11.9. The van der Waals surface area contributed by atoms with Crippen molar-refractivity contribution in [2.24, 2.45) is 0 Å². The maximum absolute atomic E-state index is 12.5. The van der Waals surface area contributed by atoms with Gasteiger partial charge in [0.05, 0.1) is 9.92 Å². The molecule has 2 aromatic carbocycles. The number of halogens is 2. The fourth-order valence-corrected chi connectivity index (χ4v) is 3.52. The second-order valence-electron chi connectivity index (χ2n) is 4.89. The number of alkyl halides is 1. The first-order valence-corrected chi connectivity index (χ1v) is 9.14. The molecule has 0 aliphatic rings. The van der Waals surface area contributed by atoms with Gasteiger partial charge in [0.15, 0.2) is 16.8 Å². The van der Waals surface area contributed by atoms with Crippen molar-refractivity contribution in [3.8, 4) is 11.3 Å². The molecule has 0 fully saturated rings. The van der Waals surface area contributed by atoms with E-state index in [9.17, 15) is 4.21 Å². The summed E-state index contributed by atoms with van der Waals surface area (Å²) in [6.45, 7) is 0. The molecule has 3 rings (SSSR count). The van der Waals surface area contributed by atoms with Gasteiger partial charge in [0.1, 0.15) is 5.69 Å². The molecule has 24 heavy (non-hydrogen) atoms. The predicted molar refractivity (Wildman–Crippen MR) is 98.5 cm³/mol. The molecule has 1 N–H and O–H groups in total. The van der Waals surface area contributed by atoms with Crippen molar-refractivity contribution < 1.29 is 4.21 Å². The van der Waals surface area contributed by atoms with Gasteiger partial charge in [0.2, 0.25) is 0 Å². The van der Waals surface area contributed by atoms with Crippen LogP contribution in [0.1, 0.15) is 5.56 Å². The molecule has 122 valence electrons. The molecule has 0 radical (unpaired) electrons. The predicted octanol–water partition coefficient (Wildman–Crippen LogP) is 4.67. The highest BCUT2D eigenvalue weighted by molar-refractivity contribution is 7.86. The molecule has 1 heterocycles. The van der Waals surface area contributed by atoms with Gasteiger partial charge in [-0.15, -0.1) is 11.6 Å². The lowest BCUT2D eigenvalue weighted by Gasteiger charge is -2.10. The Balaban J connectivity index is 1.92. The van der Waals surface area contributed by atoms with Crippen LogP contribution in [0.2, 0.25) is 5.02 Å². The van der Waals surface area contributed by atoms with Crippen LogP contribution in [0.25, 0.3) is 11.3 Å². The van der Waals surface area contributed by atoms with E-state index >= 15 is 0 Å². The van der Waals surface area contributed by atoms with E-state index in [0.29, 0.717) is 27.3 Å². The van der Waals surface area contributed by atoms with Gasteiger partial charge >= 0.3 is 0 Å². The van der Waals surface area contributed by atoms with Gasteiger partial charge in [-0.2, -0.15) is 0 Å². The zero-order valence-corrected chi connectivity index (χ0v) is 14.8. The van der Waals surface area contributed by atoms with Crippen LogP contribution in [-0.2, 0) is 16.9 Å². The number of aromatic nitrogens is 2. The zero-order chi connectivity index (χ0) is 16.9. The van der Waals surface area contributed by atoms with Crippen molar-refractivity contribution in [1.82, 2.24) is 9.97 Å². The number of hydrogen-bond donors (Lipinski definition) is 1. The molecule has 1 atom stereocenters. The maximum atomic E-state index is 12.5. The number of rotatable bonds is 5. The first kappa shape index (κ1) is 16.9. The van der Waals surface area contributed by atoms with Gasteiger partial charge in [0.25, 0.3) is 0 Å². The number of benzene rings is 2. The third kappa shape index (κ3) is 3.75. The van der Waals surface area contributed by atoms with E-state index in [1.54, 1.807) is 36.7 Å². The highest BCUT2D eigenvalue weighted by Gasteiger charge is 2.13. The van der Waals surface area contributed by atoms with Crippen LogP contribution in [-0.4, -0.2) is 14.2 Å². The molecule has 7 heteroatoms. The Morgan fingerprint density at radius 2 is 1.71 bits per heavy atom. The van der Waals surface area contributed by atoms with E-state index in [-0.39, 0.29) is 0 Å². The summed E-state index contributed by atoms with van der Waals surface area (Å²) < 4.78 is 15.4. The summed E-state index contributed by atoms with van der Waals surface area (Å²) in [7, 11) is -1.54. The Hall–Kier alpha value is -1.95. The SMILES string of the molecule is O=S(Nc1nccnc1-c1ccc(CCl)cc1)c1ccccc1Cl. The topological polar surface area (TPSA) is 54.9 Å².